The molecule has 42 heavy (non-hydrogen) atoms. The van der Waals surface area contributed by atoms with Gasteiger partial charge >= 0.3 is 11.9 Å². The van der Waals surface area contributed by atoms with Gasteiger partial charge in [0.15, 0.2) is 0 Å². The van der Waals surface area contributed by atoms with E-state index in [0.29, 0.717) is 50.8 Å². The Bertz CT molecular complexity index is 943. The highest BCUT2D eigenvalue weighted by atomic mass is 16.6. The summed E-state index contributed by atoms with van der Waals surface area (Å²) >= 11 is 0. The third-order valence-electron chi connectivity index (χ3n) is 4.80. The smallest absolute Gasteiger partial charge is 0.333 e. The van der Waals surface area contributed by atoms with Crippen LogP contribution in [-0.4, -0.2) is 128 Å². The minimum atomic E-state index is -1.52. The van der Waals surface area contributed by atoms with Gasteiger partial charge in [-0.1, -0.05) is 37.4 Å². The molecule has 0 saturated carbocycles. The highest BCUT2D eigenvalue weighted by molar-refractivity contribution is 5.99. The van der Waals surface area contributed by atoms with E-state index >= 15 is 0 Å². The molecule has 0 amide bonds. The first kappa shape index (κ1) is 40.6. The molecule has 0 aliphatic carbocycles. The normalized spacial score (nSPS) is 10.7. The second-order valence-electron chi connectivity index (χ2n) is 11.2. The van der Waals surface area contributed by atoms with E-state index in [1.165, 1.54) is 12.1 Å². The fraction of sp³-hybridized carbons (Fsp3) is 0.533. The van der Waals surface area contributed by atoms with Crippen LogP contribution in [0.5, 0.6) is 0 Å². The van der Waals surface area contributed by atoms with Crippen LogP contribution in [0.1, 0.15) is 34.6 Å². The number of nitrogens with zero attached hydrogens (tertiary/aromatic N) is 2. The van der Waals surface area contributed by atoms with Crippen LogP contribution in [-0.2, 0) is 28.5 Å². The molecule has 0 aliphatic rings. The molecule has 1 aromatic rings. The van der Waals surface area contributed by atoms with Gasteiger partial charge in [-0.15, -0.1) is 0 Å². The van der Waals surface area contributed by atoms with Gasteiger partial charge in [-0.05, 0) is 13.8 Å². The van der Waals surface area contributed by atoms with Gasteiger partial charge in [0.1, 0.15) is 26.3 Å². The second kappa shape index (κ2) is 21.2. The van der Waals surface area contributed by atoms with Gasteiger partial charge in [0.2, 0.25) is 0 Å². The van der Waals surface area contributed by atoms with Crippen LogP contribution >= 0.6 is 0 Å². The van der Waals surface area contributed by atoms with Crippen molar-refractivity contribution in [1.29, 1.82) is 0 Å². The van der Waals surface area contributed by atoms with E-state index < -0.39 is 11.9 Å². The molecule has 0 spiro atoms. The molecule has 0 radical (unpaired) electrons. The lowest BCUT2D eigenvalue weighted by Crippen LogP contribution is -2.37. The maximum absolute atomic E-state index is 11.0. The topological polar surface area (TPSA) is 151 Å². The molecule has 0 N–H and O–H groups in total. The maximum atomic E-state index is 11.0. The van der Waals surface area contributed by atoms with Crippen LogP contribution in [0.15, 0.2) is 48.6 Å². The van der Waals surface area contributed by atoms with Gasteiger partial charge in [0.05, 0.1) is 80.7 Å². The number of hydrogen-bond acceptors (Lipinski definition) is 10. The Morgan fingerprint density at radius 1 is 0.619 bits per heavy atom. The zero-order valence-corrected chi connectivity index (χ0v) is 26.4. The Hall–Kier alpha value is -3.58. The Labute approximate surface area is 249 Å². The Morgan fingerprint density at radius 3 is 1.17 bits per heavy atom. The first-order valence-corrected chi connectivity index (χ1v) is 13.2. The molecule has 12 nitrogen and oxygen atoms in total. The van der Waals surface area contributed by atoms with Crippen molar-refractivity contribution in [2.45, 2.75) is 13.8 Å². The Balaban J connectivity index is 0. The summed E-state index contributed by atoms with van der Waals surface area (Å²) in [5, 5.41) is 20.6. The van der Waals surface area contributed by atoms with Gasteiger partial charge in [0, 0.05) is 22.3 Å². The van der Waals surface area contributed by atoms with Gasteiger partial charge in [-0.25, -0.2) is 9.59 Å². The Morgan fingerprint density at radius 2 is 0.929 bits per heavy atom. The molecule has 1 rings (SSSR count). The number of aromatic carboxylic acids is 2. The van der Waals surface area contributed by atoms with Crippen LogP contribution in [0.4, 0.5) is 0 Å². The van der Waals surface area contributed by atoms with Crippen molar-refractivity contribution in [3.05, 3.63) is 59.7 Å². The number of carbonyl (C=O) groups is 4. The second-order valence-corrected chi connectivity index (χ2v) is 11.2. The number of rotatable bonds is 16. The monoisotopic (exact) mass is 596 g/mol. The molecule has 0 aliphatic heterocycles. The van der Waals surface area contributed by atoms with E-state index in [4.69, 9.17) is 18.9 Å². The van der Waals surface area contributed by atoms with Gasteiger partial charge in [0.25, 0.3) is 0 Å². The first-order chi connectivity index (χ1) is 19.3. The minimum Gasteiger partial charge on any atom is -0.545 e. The van der Waals surface area contributed by atoms with Crippen LogP contribution in [0.3, 0.4) is 0 Å². The summed E-state index contributed by atoms with van der Waals surface area (Å²) < 4.78 is 22.1. The lowest BCUT2D eigenvalue weighted by molar-refractivity contribution is -0.870. The zero-order chi connectivity index (χ0) is 32.9. The summed E-state index contributed by atoms with van der Waals surface area (Å²) in [6.45, 7) is 14.9. The predicted octanol–water partition coefficient (Wildman–Crippen LogP) is 0.0706. The summed E-state index contributed by atoms with van der Waals surface area (Å²) in [5.74, 6) is -3.75. The molecule has 0 saturated heterocycles. The third kappa shape index (κ3) is 24.2. The first-order valence-electron chi connectivity index (χ1n) is 13.2. The number of quaternary nitrogens is 2. The van der Waals surface area contributed by atoms with Gasteiger partial charge < -0.3 is 47.7 Å². The molecule has 12 heteroatoms. The molecule has 0 aromatic heterocycles. The number of hydrogen-bond donors (Lipinski definition) is 0. The lowest BCUT2D eigenvalue weighted by atomic mass is 10.1. The van der Waals surface area contributed by atoms with Crippen LogP contribution in [0.25, 0.3) is 0 Å². The number of carbonyl (C=O) groups excluding carboxylic acids is 4. The average Bonchev–Trinajstić information content (AvgIpc) is 2.87. The zero-order valence-electron chi connectivity index (χ0n) is 26.4. The molecule has 238 valence electrons. The van der Waals surface area contributed by atoms with Crippen LogP contribution < -0.4 is 10.2 Å². The minimum absolute atomic E-state index is 0.294. The summed E-state index contributed by atoms with van der Waals surface area (Å²) in [6.07, 6.45) is 0. The van der Waals surface area contributed by atoms with Crippen molar-refractivity contribution < 1.29 is 57.3 Å². The van der Waals surface area contributed by atoms with E-state index in [2.05, 4.69) is 55.4 Å². The SMILES string of the molecule is C=C(C)C(=O)OCCOCC[N+](C)(C)C.C=C(C)C(=O)OCCOCC[N+](C)(C)C.O=C([O-])c1ccccc1C(=O)[O-]. The number of ether oxygens (including phenoxy) is 4. The standard InChI is InChI=1S/2C11H22NO3.C8H6O4/c2*1-10(2)11(13)15-9-8-14-7-6-12(3,4)5;9-7(10)5-3-1-2-4-6(5)8(11)12/h2*1,6-9H2,2-5H3;1-4H,(H,9,10)(H,11,12)/q2*+1;/p-2. The predicted molar refractivity (Wildman–Crippen MR) is 154 cm³/mol. The van der Waals surface area contributed by atoms with Crippen molar-refractivity contribution >= 4 is 23.9 Å². The molecule has 0 bridgehead atoms. The van der Waals surface area contributed by atoms with Gasteiger partial charge in [-0.2, -0.15) is 0 Å². The summed E-state index contributed by atoms with van der Waals surface area (Å²) in [4.78, 5) is 42.6. The molecule has 0 heterocycles. The molecular weight excluding hydrogens is 548 g/mol. The van der Waals surface area contributed by atoms with Crippen molar-refractivity contribution in [1.82, 2.24) is 0 Å². The fourth-order valence-electron chi connectivity index (χ4n) is 2.35. The van der Waals surface area contributed by atoms with E-state index in [0.717, 1.165) is 34.2 Å². The fourth-order valence-corrected chi connectivity index (χ4v) is 2.35. The highest BCUT2D eigenvalue weighted by Crippen LogP contribution is 2.05. The molecule has 0 atom stereocenters. The van der Waals surface area contributed by atoms with Gasteiger partial charge in [-0.3, -0.25) is 0 Å². The maximum Gasteiger partial charge on any atom is 0.333 e. The van der Waals surface area contributed by atoms with E-state index in [1.54, 1.807) is 13.8 Å². The van der Waals surface area contributed by atoms with Crippen molar-refractivity contribution in [2.24, 2.45) is 0 Å². The number of likely N-dealkylation sites (N-methyl/N-ethyl adjacent to an activating group) is 2. The summed E-state index contributed by atoms with van der Waals surface area (Å²) in [7, 11) is 12.6. The number of benzene rings is 1. The number of carboxylic acids is 2. The summed E-state index contributed by atoms with van der Waals surface area (Å²) in [6, 6.07) is 5.14. The number of carboxylic acid groups (broad SMARTS) is 2. The number of esters is 2. The highest BCUT2D eigenvalue weighted by Gasteiger charge is 2.08. The largest absolute Gasteiger partial charge is 0.545 e. The van der Waals surface area contributed by atoms with E-state index in [-0.39, 0.29) is 23.1 Å². The van der Waals surface area contributed by atoms with Crippen molar-refractivity contribution in [3.8, 4) is 0 Å². The summed E-state index contributed by atoms with van der Waals surface area (Å²) in [5.41, 5.74) is 0.109. The van der Waals surface area contributed by atoms with E-state index in [1.807, 2.05) is 0 Å². The Kier molecular flexibility index (Phi) is 20.4. The lowest BCUT2D eigenvalue weighted by Gasteiger charge is -2.23. The average molecular weight is 597 g/mol. The van der Waals surface area contributed by atoms with Crippen molar-refractivity contribution in [3.63, 3.8) is 0 Å². The molecule has 1 aromatic carbocycles. The molecule has 0 unspecified atom stereocenters. The van der Waals surface area contributed by atoms with E-state index in [9.17, 15) is 29.4 Å². The quantitative estimate of drug-likeness (QED) is 0.111. The van der Waals surface area contributed by atoms with Crippen molar-refractivity contribution in [2.75, 3.05) is 95.0 Å². The van der Waals surface area contributed by atoms with Crippen LogP contribution in [0.2, 0.25) is 0 Å². The third-order valence-corrected chi connectivity index (χ3v) is 4.80. The molecular formula is C30H48N2O10. The molecule has 0 fully saturated rings. The van der Waals surface area contributed by atoms with Crippen LogP contribution in [0, 0.1) is 0 Å².